The minimum Gasteiger partial charge on any atom is -0.465 e. The number of carbonyl (C=O) groups is 1. The van der Waals surface area contributed by atoms with Crippen LogP contribution in [0.3, 0.4) is 0 Å². The van der Waals surface area contributed by atoms with Gasteiger partial charge in [-0.2, -0.15) is 0 Å². The highest BCUT2D eigenvalue weighted by molar-refractivity contribution is 5.65. The minimum atomic E-state index is -0.435. The maximum Gasteiger partial charge on any atom is 0.302 e. The number of carbonyl (C=O) groups excluding carboxylic acids is 1. The molecule has 274 valence electrons. The van der Waals surface area contributed by atoms with E-state index in [0.717, 1.165) is 57.9 Å². The molecule has 0 radical (unpaired) electrons. The average Bonchev–Trinajstić information content (AvgIpc) is 3.65. The van der Waals surface area contributed by atoms with Crippen molar-refractivity contribution in [2.75, 3.05) is 27.4 Å². The van der Waals surface area contributed by atoms with Crippen LogP contribution in [-0.4, -0.2) is 86.3 Å². The predicted octanol–water partition coefficient (Wildman–Crippen LogP) is 4.65. The van der Waals surface area contributed by atoms with E-state index in [1.807, 2.05) is 7.11 Å². The van der Waals surface area contributed by atoms with E-state index in [-0.39, 0.29) is 59.9 Å². The van der Waals surface area contributed by atoms with E-state index in [4.69, 9.17) is 24.7 Å². The van der Waals surface area contributed by atoms with Gasteiger partial charge in [0, 0.05) is 27.1 Å². The Morgan fingerprint density at radius 1 is 0.917 bits per heavy atom. The summed E-state index contributed by atoms with van der Waals surface area (Å²) in [7, 11) is 3.56. The molecule has 7 fully saturated rings. The van der Waals surface area contributed by atoms with Gasteiger partial charge in [0.05, 0.1) is 49.4 Å². The fourth-order valence-electron chi connectivity index (χ4n) is 13.5. The Bertz CT molecular complexity index is 1110. The first-order valence-corrected chi connectivity index (χ1v) is 19.8. The van der Waals surface area contributed by atoms with Gasteiger partial charge in [-0.15, -0.1) is 0 Å². The third kappa shape index (κ3) is 6.65. The lowest BCUT2D eigenvalue weighted by atomic mass is 9.45. The van der Waals surface area contributed by atoms with Crippen LogP contribution in [0.1, 0.15) is 104 Å². The van der Waals surface area contributed by atoms with Gasteiger partial charge in [0.2, 0.25) is 0 Å². The third-order valence-electron chi connectivity index (χ3n) is 15.3. The van der Waals surface area contributed by atoms with Crippen LogP contribution in [-0.2, 0) is 23.7 Å². The van der Waals surface area contributed by atoms with Crippen LogP contribution >= 0.6 is 0 Å². The summed E-state index contributed by atoms with van der Waals surface area (Å²) in [5.74, 6) is 4.47. The Morgan fingerprint density at radius 3 is 2.46 bits per heavy atom. The standard InChI is InChI=1S/C39H66N2O7/c1-5-24-13-23(19-41-38(24)40)12-22-10-11-39(17-22)18-26-14-27(43)16-33(46-4)34(26)29-8-7-28-30(20-47-21(2)42)36(48-37(28)35(29)39)25-6-9-31(44)32(15-25)45-3/h22-38,41,43-44H,5-20,40H2,1-4H3. The molecule has 2 saturated heterocycles. The molecule has 1 spiro atoms. The van der Waals surface area contributed by atoms with Gasteiger partial charge in [-0.25, -0.2) is 0 Å². The minimum absolute atomic E-state index is 0.00474. The molecular weight excluding hydrogens is 608 g/mol. The van der Waals surface area contributed by atoms with Gasteiger partial charge in [0.1, 0.15) is 0 Å². The van der Waals surface area contributed by atoms with E-state index >= 15 is 0 Å². The number of nitrogens with one attached hydrogen (secondary N) is 1. The van der Waals surface area contributed by atoms with Crippen LogP contribution in [0.25, 0.3) is 0 Å². The molecule has 0 aromatic carbocycles. The smallest absolute Gasteiger partial charge is 0.302 e. The number of fused-ring (bicyclic) bond motifs is 6. The molecule has 0 aromatic heterocycles. The second-order valence-electron chi connectivity index (χ2n) is 17.7. The number of esters is 1. The summed E-state index contributed by atoms with van der Waals surface area (Å²) in [6.07, 6.45) is 14.4. The Labute approximate surface area is 289 Å². The number of nitrogens with two attached hydrogens (primary N) is 1. The van der Waals surface area contributed by atoms with Crippen LogP contribution in [0, 0.1) is 64.6 Å². The number of piperidine rings is 1. The van der Waals surface area contributed by atoms with Crippen molar-refractivity contribution in [2.24, 2.45) is 70.3 Å². The molecule has 2 heterocycles. The zero-order chi connectivity index (χ0) is 33.7. The maximum absolute atomic E-state index is 12.2. The van der Waals surface area contributed by atoms with E-state index in [9.17, 15) is 15.0 Å². The van der Waals surface area contributed by atoms with Gasteiger partial charge < -0.3 is 40.2 Å². The lowest BCUT2D eigenvalue weighted by Crippen LogP contribution is -2.59. The molecular formula is C39H66N2O7. The summed E-state index contributed by atoms with van der Waals surface area (Å²) in [6.45, 7) is 5.25. The molecule has 0 aromatic rings. The fourth-order valence-corrected chi connectivity index (χ4v) is 13.5. The van der Waals surface area contributed by atoms with Gasteiger partial charge in [0.15, 0.2) is 0 Å². The Kier molecular flexibility index (Phi) is 10.9. The highest BCUT2D eigenvalue weighted by Gasteiger charge is 2.65. The molecule has 18 atom stereocenters. The first-order chi connectivity index (χ1) is 23.1. The Morgan fingerprint density at radius 2 is 1.71 bits per heavy atom. The van der Waals surface area contributed by atoms with Crippen molar-refractivity contribution >= 4 is 5.97 Å². The van der Waals surface area contributed by atoms with Crippen LogP contribution in [0.5, 0.6) is 0 Å². The average molecular weight is 675 g/mol. The van der Waals surface area contributed by atoms with E-state index in [1.54, 1.807) is 7.11 Å². The molecule has 7 rings (SSSR count). The van der Waals surface area contributed by atoms with Crippen molar-refractivity contribution in [3.05, 3.63) is 0 Å². The molecule has 18 unspecified atom stereocenters. The summed E-state index contributed by atoms with van der Waals surface area (Å²) in [6, 6.07) is 0. The van der Waals surface area contributed by atoms with E-state index in [1.165, 1.54) is 45.4 Å². The van der Waals surface area contributed by atoms with Gasteiger partial charge >= 0.3 is 5.97 Å². The number of aliphatic hydroxyl groups excluding tert-OH is 2. The quantitative estimate of drug-likeness (QED) is 0.272. The molecule has 0 bridgehead atoms. The molecule has 5 saturated carbocycles. The fraction of sp³-hybridized carbons (Fsp3) is 0.974. The zero-order valence-electron chi connectivity index (χ0n) is 30.1. The largest absolute Gasteiger partial charge is 0.465 e. The molecule has 0 amide bonds. The highest BCUT2D eigenvalue weighted by atomic mass is 16.5. The van der Waals surface area contributed by atoms with Crippen LogP contribution in [0.4, 0.5) is 0 Å². The number of aliphatic hydroxyl groups is 2. The third-order valence-corrected chi connectivity index (χ3v) is 15.3. The second-order valence-corrected chi connectivity index (χ2v) is 17.7. The summed E-state index contributed by atoms with van der Waals surface area (Å²) in [4.78, 5) is 12.2. The number of methoxy groups -OCH3 is 2. The SMILES string of the molecule is CCC1CC(CC2CCC3(C2)CC2CC(O)CC(OC)C2C2CCC4C(COC(C)=O)C(C5CCC(O)C(OC)C5)OC4C23)CNC1N. The van der Waals surface area contributed by atoms with Crippen molar-refractivity contribution in [3.8, 4) is 0 Å². The molecule has 9 heteroatoms. The van der Waals surface area contributed by atoms with Crippen LogP contribution in [0.15, 0.2) is 0 Å². The highest BCUT2D eigenvalue weighted by Crippen LogP contribution is 2.68. The van der Waals surface area contributed by atoms with Crippen LogP contribution in [0.2, 0.25) is 0 Å². The topological polar surface area (TPSA) is 132 Å². The molecule has 5 aliphatic carbocycles. The van der Waals surface area contributed by atoms with Crippen molar-refractivity contribution in [2.45, 2.75) is 147 Å². The van der Waals surface area contributed by atoms with Crippen molar-refractivity contribution in [1.82, 2.24) is 5.32 Å². The molecule has 48 heavy (non-hydrogen) atoms. The summed E-state index contributed by atoms with van der Waals surface area (Å²) in [5.41, 5.74) is 6.63. The number of rotatable bonds is 8. The molecule has 5 N–H and O–H groups in total. The first-order valence-electron chi connectivity index (χ1n) is 19.8. The van der Waals surface area contributed by atoms with E-state index in [2.05, 4.69) is 12.2 Å². The number of ether oxygens (including phenoxy) is 4. The van der Waals surface area contributed by atoms with Gasteiger partial charge in [-0.3, -0.25) is 4.79 Å². The van der Waals surface area contributed by atoms with Crippen molar-refractivity contribution in [1.29, 1.82) is 0 Å². The molecule has 9 nitrogen and oxygen atoms in total. The lowest BCUT2D eigenvalue weighted by Gasteiger charge is -2.61. The predicted molar refractivity (Wildman–Crippen MR) is 183 cm³/mol. The van der Waals surface area contributed by atoms with Gasteiger partial charge in [-0.05, 0) is 149 Å². The maximum atomic E-state index is 12.2. The normalized spacial score (nSPS) is 52.0. The molecule has 2 aliphatic heterocycles. The summed E-state index contributed by atoms with van der Waals surface area (Å²) in [5, 5.41) is 25.3. The Balaban J connectivity index is 1.18. The van der Waals surface area contributed by atoms with Crippen molar-refractivity contribution < 1.29 is 34.0 Å². The molecule has 7 aliphatic rings. The van der Waals surface area contributed by atoms with Crippen LogP contribution < -0.4 is 11.1 Å². The zero-order valence-corrected chi connectivity index (χ0v) is 30.1. The number of hydrogen-bond donors (Lipinski definition) is 4. The Hall–Kier alpha value is -0.810. The van der Waals surface area contributed by atoms with Gasteiger partial charge in [0.25, 0.3) is 0 Å². The first kappa shape index (κ1) is 35.6. The van der Waals surface area contributed by atoms with E-state index < -0.39 is 6.10 Å². The summed E-state index contributed by atoms with van der Waals surface area (Å²) >= 11 is 0. The number of hydrogen-bond acceptors (Lipinski definition) is 9. The summed E-state index contributed by atoms with van der Waals surface area (Å²) < 4.78 is 25.3. The van der Waals surface area contributed by atoms with Crippen molar-refractivity contribution in [3.63, 3.8) is 0 Å². The monoisotopic (exact) mass is 674 g/mol. The second kappa shape index (κ2) is 14.7. The lowest BCUT2D eigenvalue weighted by molar-refractivity contribution is -0.191. The van der Waals surface area contributed by atoms with Gasteiger partial charge in [-0.1, -0.05) is 13.3 Å². The van der Waals surface area contributed by atoms with E-state index in [0.29, 0.717) is 54.0 Å².